The second-order valence-corrected chi connectivity index (χ2v) is 6.80. The lowest BCUT2D eigenvalue weighted by atomic mass is 9.99. The summed E-state index contributed by atoms with van der Waals surface area (Å²) in [5.41, 5.74) is 4.04. The van der Waals surface area contributed by atoms with Crippen molar-refractivity contribution in [2.24, 2.45) is 0 Å². The van der Waals surface area contributed by atoms with Crippen molar-refractivity contribution in [1.29, 1.82) is 0 Å². The lowest BCUT2D eigenvalue weighted by molar-refractivity contribution is -0.117. The SMILES string of the molecule is COc1cc2c(cc1OC)CN(CC(=O)Nc1cccc(Cl)c1C)CC2. The van der Waals surface area contributed by atoms with Crippen LogP contribution in [0.2, 0.25) is 5.02 Å². The van der Waals surface area contributed by atoms with Gasteiger partial charge in [-0.3, -0.25) is 9.69 Å². The van der Waals surface area contributed by atoms with Crippen molar-refractivity contribution < 1.29 is 14.3 Å². The van der Waals surface area contributed by atoms with Crippen LogP contribution in [0.5, 0.6) is 11.5 Å². The predicted octanol–water partition coefficient (Wildman–Crippen LogP) is 3.66. The second-order valence-electron chi connectivity index (χ2n) is 6.40. The van der Waals surface area contributed by atoms with Gasteiger partial charge >= 0.3 is 0 Å². The van der Waals surface area contributed by atoms with Crippen molar-refractivity contribution in [3.8, 4) is 11.5 Å². The van der Waals surface area contributed by atoms with Crippen LogP contribution >= 0.6 is 11.6 Å². The van der Waals surface area contributed by atoms with Crippen molar-refractivity contribution in [1.82, 2.24) is 4.90 Å². The molecule has 1 heterocycles. The molecule has 0 unspecified atom stereocenters. The van der Waals surface area contributed by atoms with Gasteiger partial charge in [0, 0.05) is 23.8 Å². The molecule has 3 rings (SSSR count). The molecule has 1 aliphatic rings. The molecule has 0 radical (unpaired) electrons. The minimum atomic E-state index is -0.0423. The zero-order valence-electron chi connectivity index (χ0n) is 15.3. The molecule has 0 atom stereocenters. The van der Waals surface area contributed by atoms with E-state index in [1.54, 1.807) is 14.2 Å². The zero-order valence-corrected chi connectivity index (χ0v) is 16.0. The fourth-order valence-electron chi connectivity index (χ4n) is 3.21. The fraction of sp³-hybridized carbons (Fsp3) is 0.350. The Morgan fingerprint density at radius 3 is 2.58 bits per heavy atom. The van der Waals surface area contributed by atoms with E-state index in [0.717, 1.165) is 30.0 Å². The molecular weight excluding hydrogens is 352 g/mol. The van der Waals surface area contributed by atoms with Gasteiger partial charge in [0.25, 0.3) is 0 Å². The Kier molecular flexibility index (Phi) is 5.69. The van der Waals surface area contributed by atoms with E-state index in [-0.39, 0.29) is 5.91 Å². The molecule has 1 N–H and O–H groups in total. The molecule has 1 amide bonds. The van der Waals surface area contributed by atoms with Crippen LogP contribution in [0, 0.1) is 6.92 Å². The lowest BCUT2D eigenvalue weighted by Gasteiger charge is -2.29. The van der Waals surface area contributed by atoms with Gasteiger partial charge in [-0.15, -0.1) is 0 Å². The number of methoxy groups -OCH3 is 2. The van der Waals surface area contributed by atoms with Gasteiger partial charge in [-0.1, -0.05) is 17.7 Å². The molecule has 2 aromatic rings. The third kappa shape index (κ3) is 3.94. The molecule has 0 saturated carbocycles. The van der Waals surface area contributed by atoms with Crippen LogP contribution in [0.1, 0.15) is 16.7 Å². The minimum absolute atomic E-state index is 0.0423. The standard InChI is InChI=1S/C20H23ClN2O3/c1-13-16(21)5-4-6-17(13)22-20(24)12-23-8-7-14-9-18(25-2)19(26-3)10-15(14)11-23/h4-6,9-10H,7-8,11-12H2,1-3H3,(H,22,24). The van der Waals surface area contributed by atoms with Crippen molar-refractivity contribution in [3.05, 3.63) is 52.0 Å². The zero-order chi connectivity index (χ0) is 18.7. The number of benzene rings is 2. The highest BCUT2D eigenvalue weighted by Crippen LogP contribution is 2.33. The second kappa shape index (κ2) is 7.98. The van der Waals surface area contributed by atoms with Crippen LogP contribution < -0.4 is 14.8 Å². The van der Waals surface area contributed by atoms with Gasteiger partial charge in [-0.05, 0) is 54.3 Å². The number of nitrogens with one attached hydrogen (secondary N) is 1. The monoisotopic (exact) mass is 374 g/mol. The summed E-state index contributed by atoms with van der Waals surface area (Å²) < 4.78 is 10.8. The summed E-state index contributed by atoms with van der Waals surface area (Å²) in [4.78, 5) is 14.6. The molecule has 0 aliphatic carbocycles. The molecule has 6 heteroatoms. The van der Waals surface area contributed by atoms with E-state index in [0.29, 0.717) is 23.9 Å². The predicted molar refractivity (Wildman–Crippen MR) is 103 cm³/mol. The first kappa shape index (κ1) is 18.5. The normalized spacial score (nSPS) is 13.8. The molecule has 2 aromatic carbocycles. The fourth-order valence-corrected chi connectivity index (χ4v) is 3.39. The van der Waals surface area contributed by atoms with Gasteiger partial charge < -0.3 is 14.8 Å². The van der Waals surface area contributed by atoms with Crippen LogP contribution in [0.3, 0.4) is 0 Å². The number of hydrogen-bond donors (Lipinski definition) is 1. The van der Waals surface area contributed by atoms with Gasteiger partial charge in [0.15, 0.2) is 11.5 Å². The summed E-state index contributed by atoms with van der Waals surface area (Å²) in [6.45, 7) is 3.76. The summed E-state index contributed by atoms with van der Waals surface area (Å²) in [7, 11) is 3.27. The first-order valence-corrected chi connectivity index (χ1v) is 8.90. The number of carbonyl (C=O) groups is 1. The molecule has 0 bridgehead atoms. The third-order valence-electron chi connectivity index (χ3n) is 4.71. The first-order chi connectivity index (χ1) is 12.5. The highest BCUT2D eigenvalue weighted by molar-refractivity contribution is 6.31. The number of hydrogen-bond acceptors (Lipinski definition) is 4. The van der Waals surface area contributed by atoms with E-state index >= 15 is 0 Å². The lowest BCUT2D eigenvalue weighted by Crippen LogP contribution is -2.37. The summed E-state index contributed by atoms with van der Waals surface area (Å²) in [6.07, 6.45) is 0.874. The largest absolute Gasteiger partial charge is 0.493 e. The number of fused-ring (bicyclic) bond motifs is 1. The maximum absolute atomic E-state index is 12.4. The van der Waals surface area contributed by atoms with E-state index in [2.05, 4.69) is 10.2 Å². The molecule has 138 valence electrons. The van der Waals surface area contributed by atoms with Gasteiger partial charge in [-0.25, -0.2) is 0 Å². The van der Waals surface area contributed by atoms with E-state index in [4.69, 9.17) is 21.1 Å². The summed E-state index contributed by atoms with van der Waals surface area (Å²) in [6, 6.07) is 9.54. The Labute approximate surface area is 158 Å². The van der Waals surface area contributed by atoms with Crippen LogP contribution in [-0.4, -0.2) is 38.1 Å². The average Bonchev–Trinajstić information content (AvgIpc) is 2.64. The number of halogens is 1. The third-order valence-corrected chi connectivity index (χ3v) is 5.12. The summed E-state index contributed by atoms with van der Waals surface area (Å²) in [5.74, 6) is 1.42. The topological polar surface area (TPSA) is 50.8 Å². The van der Waals surface area contributed by atoms with E-state index < -0.39 is 0 Å². The number of ether oxygens (including phenoxy) is 2. The van der Waals surface area contributed by atoms with Crippen molar-refractivity contribution in [2.45, 2.75) is 19.9 Å². The highest BCUT2D eigenvalue weighted by Gasteiger charge is 2.21. The first-order valence-electron chi connectivity index (χ1n) is 8.53. The van der Waals surface area contributed by atoms with Gasteiger partial charge in [-0.2, -0.15) is 0 Å². The van der Waals surface area contributed by atoms with Crippen LogP contribution in [-0.2, 0) is 17.8 Å². The van der Waals surface area contributed by atoms with Crippen LogP contribution in [0.15, 0.2) is 30.3 Å². The van der Waals surface area contributed by atoms with Crippen molar-refractivity contribution >= 4 is 23.2 Å². The maximum Gasteiger partial charge on any atom is 0.238 e. The number of carbonyl (C=O) groups excluding carboxylic acids is 1. The number of amides is 1. The molecular formula is C20H23ClN2O3. The highest BCUT2D eigenvalue weighted by atomic mass is 35.5. The van der Waals surface area contributed by atoms with Crippen LogP contribution in [0.25, 0.3) is 0 Å². The molecule has 1 aliphatic heterocycles. The smallest absolute Gasteiger partial charge is 0.238 e. The van der Waals surface area contributed by atoms with Gasteiger partial charge in [0.1, 0.15) is 0 Å². The number of rotatable bonds is 5. The maximum atomic E-state index is 12.4. The van der Waals surface area contributed by atoms with Gasteiger partial charge in [0.05, 0.1) is 20.8 Å². The molecule has 26 heavy (non-hydrogen) atoms. The summed E-state index contributed by atoms with van der Waals surface area (Å²) in [5, 5.41) is 3.60. The number of nitrogens with zero attached hydrogens (tertiary/aromatic N) is 1. The quantitative estimate of drug-likeness (QED) is 0.867. The Balaban J connectivity index is 1.67. The molecule has 0 fully saturated rings. The van der Waals surface area contributed by atoms with E-state index in [9.17, 15) is 4.79 Å². The molecule has 0 spiro atoms. The Morgan fingerprint density at radius 1 is 1.19 bits per heavy atom. The summed E-state index contributed by atoms with van der Waals surface area (Å²) >= 11 is 6.11. The van der Waals surface area contributed by atoms with Crippen molar-refractivity contribution in [2.75, 3.05) is 32.6 Å². The Morgan fingerprint density at radius 2 is 1.88 bits per heavy atom. The van der Waals surface area contributed by atoms with Crippen LogP contribution in [0.4, 0.5) is 5.69 Å². The minimum Gasteiger partial charge on any atom is -0.493 e. The Bertz CT molecular complexity index is 823. The molecule has 0 saturated heterocycles. The van der Waals surface area contributed by atoms with E-state index in [1.807, 2.05) is 37.3 Å². The average molecular weight is 375 g/mol. The van der Waals surface area contributed by atoms with Gasteiger partial charge in [0.2, 0.25) is 5.91 Å². The van der Waals surface area contributed by atoms with E-state index in [1.165, 1.54) is 11.1 Å². The number of anilines is 1. The Hall–Kier alpha value is -2.24. The van der Waals surface area contributed by atoms with Crippen molar-refractivity contribution in [3.63, 3.8) is 0 Å². The molecule has 5 nitrogen and oxygen atoms in total. The molecule has 0 aromatic heterocycles.